The van der Waals surface area contributed by atoms with Gasteiger partial charge in [0.2, 0.25) is 0 Å². The van der Waals surface area contributed by atoms with Crippen LogP contribution in [-0.2, 0) is 6.54 Å². The standard InChI is InChI=1S/C17H23F2N3O/c1-4-14(7-8-23)20-10-15-11(2)21-22(12(15)3)17-6-5-13(18)9-16(17)19/h5-6,9,14,20,23H,4,7-8,10H2,1-3H3. The van der Waals surface area contributed by atoms with Gasteiger partial charge < -0.3 is 10.4 Å². The van der Waals surface area contributed by atoms with Crippen LogP contribution in [0.25, 0.3) is 5.69 Å². The van der Waals surface area contributed by atoms with Crippen molar-refractivity contribution in [1.29, 1.82) is 0 Å². The van der Waals surface area contributed by atoms with Gasteiger partial charge in [-0.25, -0.2) is 13.5 Å². The van der Waals surface area contributed by atoms with Crippen LogP contribution >= 0.6 is 0 Å². The second-order valence-electron chi connectivity index (χ2n) is 5.66. The summed E-state index contributed by atoms with van der Waals surface area (Å²) >= 11 is 0. The predicted molar refractivity (Wildman–Crippen MR) is 85.6 cm³/mol. The quantitative estimate of drug-likeness (QED) is 0.823. The zero-order chi connectivity index (χ0) is 17.0. The molecule has 0 radical (unpaired) electrons. The number of aliphatic hydroxyl groups excluding tert-OH is 1. The van der Waals surface area contributed by atoms with E-state index in [-0.39, 0.29) is 18.3 Å². The SMILES string of the molecule is CCC(CCO)NCc1c(C)nn(-c2ccc(F)cc2F)c1C. The molecule has 1 unspecified atom stereocenters. The van der Waals surface area contributed by atoms with Crippen molar-refractivity contribution >= 4 is 0 Å². The van der Waals surface area contributed by atoms with Crippen LogP contribution < -0.4 is 5.32 Å². The number of nitrogens with one attached hydrogen (secondary N) is 1. The largest absolute Gasteiger partial charge is 0.396 e. The third-order valence-electron chi connectivity index (χ3n) is 4.12. The number of aryl methyl sites for hydroxylation is 1. The fourth-order valence-corrected chi connectivity index (χ4v) is 2.67. The van der Waals surface area contributed by atoms with Crippen LogP contribution in [0, 0.1) is 25.5 Å². The fourth-order valence-electron chi connectivity index (χ4n) is 2.67. The van der Waals surface area contributed by atoms with Crippen molar-refractivity contribution in [2.24, 2.45) is 0 Å². The topological polar surface area (TPSA) is 50.1 Å². The summed E-state index contributed by atoms with van der Waals surface area (Å²) in [6, 6.07) is 3.70. The summed E-state index contributed by atoms with van der Waals surface area (Å²) in [6.07, 6.45) is 1.61. The first-order chi connectivity index (χ1) is 11.0. The number of nitrogens with zero attached hydrogens (tertiary/aromatic N) is 2. The van der Waals surface area contributed by atoms with Gasteiger partial charge >= 0.3 is 0 Å². The maximum atomic E-state index is 14.0. The van der Waals surface area contributed by atoms with Gasteiger partial charge in [-0.05, 0) is 38.8 Å². The number of hydrogen-bond donors (Lipinski definition) is 2. The molecular weight excluding hydrogens is 300 g/mol. The Labute approximate surface area is 135 Å². The van der Waals surface area contributed by atoms with Crippen molar-refractivity contribution < 1.29 is 13.9 Å². The van der Waals surface area contributed by atoms with E-state index in [9.17, 15) is 8.78 Å². The van der Waals surface area contributed by atoms with E-state index in [1.54, 1.807) is 0 Å². The van der Waals surface area contributed by atoms with Gasteiger partial charge in [-0.2, -0.15) is 5.10 Å². The van der Waals surface area contributed by atoms with E-state index in [4.69, 9.17) is 5.11 Å². The summed E-state index contributed by atoms with van der Waals surface area (Å²) in [5, 5.41) is 16.8. The third-order valence-corrected chi connectivity index (χ3v) is 4.12. The van der Waals surface area contributed by atoms with Crippen molar-refractivity contribution in [1.82, 2.24) is 15.1 Å². The number of hydrogen-bond acceptors (Lipinski definition) is 3. The first-order valence-corrected chi connectivity index (χ1v) is 7.82. The zero-order valence-electron chi connectivity index (χ0n) is 13.7. The predicted octanol–water partition coefficient (Wildman–Crippen LogP) is 3.02. The van der Waals surface area contributed by atoms with E-state index in [1.165, 1.54) is 16.8 Å². The van der Waals surface area contributed by atoms with Crippen LogP contribution in [0.4, 0.5) is 8.78 Å². The number of aromatic nitrogens is 2. The molecule has 0 saturated carbocycles. The highest BCUT2D eigenvalue weighted by molar-refractivity contribution is 5.38. The lowest BCUT2D eigenvalue weighted by molar-refractivity contribution is 0.262. The molecule has 6 heteroatoms. The summed E-state index contributed by atoms with van der Waals surface area (Å²) < 4.78 is 28.6. The van der Waals surface area contributed by atoms with Crippen LogP contribution in [0.15, 0.2) is 18.2 Å². The van der Waals surface area contributed by atoms with Crippen molar-refractivity contribution in [3.05, 3.63) is 46.8 Å². The van der Waals surface area contributed by atoms with Crippen molar-refractivity contribution in [2.45, 2.75) is 46.2 Å². The van der Waals surface area contributed by atoms with Gasteiger partial charge in [-0.1, -0.05) is 6.92 Å². The molecule has 0 saturated heterocycles. The molecule has 0 aliphatic carbocycles. The molecular formula is C17H23F2N3O. The van der Waals surface area contributed by atoms with Gasteiger partial charge in [0.25, 0.3) is 0 Å². The van der Waals surface area contributed by atoms with Crippen molar-refractivity contribution in [3.63, 3.8) is 0 Å². The average molecular weight is 323 g/mol. The van der Waals surface area contributed by atoms with Crippen molar-refractivity contribution in [3.8, 4) is 5.69 Å². The van der Waals surface area contributed by atoms with E-state index in [0.717, 1.165) is 29.4 Å². The molecule has 1 heterocycles. The summed E-state index contributed by atoms with van der Waals surface area (Å²) in [5.41, 5.74) is 2.85. The number of benzene rings is 1. The molecule has 0 aliphatic heterocycles. The fraction of sp³-hybridized carbons (Fsp3) is 0.471. The first-order valence-electron chi connectivity index (χ1n) is 7.82. The van der Waals surface area contributed by atoms with E-state index in [1.807, 2.05) is 13.8 Å². The first kappa shape index (κ1) is 17.6. The minimum atomic E-state index is -0.637. The number of halogens is 2. The minimum Gasteiger partial charge on any atom is -0.396 e. The molecule has 4 nitrogen and oxygen atoms in total. The summed E-state index contributed by atoms with van der Waals surface area (Å²) in [6.45, 7) is 6.54. The highest BCUT2D eigenvalue weighted by Gasteiger charge is 2.16. The lowest BCUT2D eigenvalue weighted by atomic mass is 10.1. The van der Waals surface area contributed by atoms with Crippen LogP contribution in [0.5, 0.6) is 0 Å². The molecule has 0 amide bonds. The smallest absolute Gasteiger partial charge is 0.151 e. The van der Waals surface area contributed by atoms with Gasteiger partial charge in [0.05, 0.1) is 5.69 Å². The summed E-state index contributed by atoms with van der Waals surface area (Å²) in [7, 11) is 0. The Kier molecular flexibility index (Phi) is 5.85. The van der Waals surface area contributed by atoms with E-state index >= 15 is 0 Å². The maximum absolute atomic E-state index is 14.0. The number of rotatable bonds is 7. The van der Waals surface area contributed by atoms with Gasteiger partial charge in [0.1, 0.15) is 11.5 Å². The maximum Gasteiger partial charge on any atom is 0.151 e. The van der Waals surface area contributed by atoms with E-state index < -0.39 is 11.6 Å². The van der Waals surface area contributed by atoms with Crippen molar-refractivity contribution in [2.75, 3.05) is 6.61 Å². The molecule has 1 aromatic carbocycles. The van der Waals surface area contributed by atoms with E-state index in [2.05, 4.69) is 17.3 Å². The van der Waals surface area contributed by atoms with Crippen LogP contribution in [-0.4, -0.2) is 27.5 Å². The molecule has 1 atom stereocenters. The summed E-state index contributed by atoms with van der Waals surface area (Å²) in [5.74, 6) is -1.24. The molecule has 2 rings (SSSR count). The monoisotopic (exact) mass is 323 g/mol. The lowest BCUT2D eigenvalue weighted by Crippen LogP contribution is -2.29. The lowest BCUT2D eigenvalue weighted by Gasteiger charge is -2.16. The Morgan fingerprint density at radius 3 is 2.65 bits per heavy atom. The Morgan fingerprint density at radius 1 is 1.30 bits per heavy atom. The second kappa shape index (κ2) is 7.66. The van der Waals surface area contributed by atoms with E-state index in [0.29, 0.717) is 13.0 Å². The molecule has 0 fully saturated rings. The second-order valence-corrected chi connectivity index (χ2v) is 5.66. The molecule has 0 spiro atoms. The Morgan fingerprint density at radius 2 is 2.04 bits per heavy atom. The van der Waals surface area contributed by atoms with Gasteiger partial charge in [-0.3, -0.25) is 0 Å². The molecule has 126 valence electrons. The van der Waals surface area contributed by atoms with Gasteiger partial charge in [0.15, 0.2) is 5.82 Å². The minimum absolute atomic E-state index is 0.142. The third kappa shape index (κ3) is 3.95. The highest BCUT2D eigenvalue weighted by atomic mass is 19.1. The van der Waals surface area contributed by atoms with Gasteiger partial charge in [0, 0.05) is 36.5 Å². The Balaban J connectivity index is 2.25. The number of aliphatic hydroxyl groups is 1. The zero-order valence-corrected chi connectivity index (χ0v) is 13.7. The van der Waals surface area contributed by atoms with Crippen LogP contribution in [0.1, 0.15) is 36.7 Å². The molecule has 0 bridgehead atoms. The Bertz CT molecular complexity index is 670. The van der Waals surface area contributed by atoms with Crippen LogP contribution in [0.2, 0.25) is 0 Å². The summed E-state index contributed by atoms with van der Waals surface area (Å²) in [4.78, 5) is 0. The highest BCUT2D eigenvalue weighted by Crippen LogP contribution is 2.21. The molecule has 2 N–H and O–H groups in total. The van der Waals surface area contributed by atoms with Gasteiger partial charge in [-0.15, -0.1) is 0 Å². The molecule has 23 heavy (non-hydrogen) atoms. The Hall–Kier alpha value is -1.79. The normalized spacial score (nSPS) is 12.6. The average Bonchev–Trinajstić information content (AvgIpc) is 2.78. The molecule has 1 aromatic heterocycles. The van der Waals surface area contributed by atoms with Crippen LogP contribution in [0.3, 0.4) is 0 Å². The molecule has 2 aromatic rings. The molecule has 0 aliphatic rings.